The van der Waals surface area contributed by atoms with Crippen LogP contribution in [0.3, 0.4) is 0 Å². The van der Waals surface area contributed by atoms with Crippen molar-refractivity contribution in [2.24, 2.45) is 0 Å². The Morgan fingerprint density at radius 1 is 0.929 bits per heavy atom. The second kappa shape index (κ2) is 8.46. The third kappa shape index (κ3) is 7.51. The Morgan fingerprint density at radius 3 is 1.57 bits per heavy atom. The SMILES string of the molecule is COCNC(=O)CCC(=O)NCOC. The van der Waals surface area contributed by atoms with Gasteiger partial charge in [-0.2, -0.15) is 0 Å². The van der Waals surface area contributed by atoms with Crippen LogP contribution in [0.4, 0.5) is 0 Å². The lowest BCUT2D eigenvalue weighted by molar-refractivity contribution is -0.127. The molecule has 0 atom stereocenters. The summed E-state index contributed by atoms with van der Waals surface area (Å²) in [6, 6.07) is 0. The van der Waals surface area contributed by atoms with E-state index in [0.29, 0.717) is 0 Å². The van der Waals surface area contributed by atoms with Crippen molar-refractivity contribution in [2.75, 3.05) is 27.7 Å². The summed E-state index contributed by atoms with van der Waals surface area (Å²) in [5.41, 5.74) is 0. The Balaban J connectivity index is 3.41. The standard InChI is InChI=1S/C8H16N2O4/c1-13-5-9-7(11)3-4-8(12)10-6-14-2/h3-6H2,1-2H3,(H,9,11)(H,10,12). The zero-order valence-corrected chi connectivity index (χ0v) is 8.46. The molecule has 0 heterocycles. The van der Waals surface area contributed by atoms with Crippen molar-refractivity contribution in [3.63, 3.8) is 0 Å². The molecule has 0 aliphatic carbocycles. The second-order valence-electron chi connectivity index (χ2n) is 2.57. The zero-order valence-electron chi connectivity index (χ0n) is 8.46. The van der Waals surface area contributed by atoms with Gasteiger partial charge in [0.1, 0.15) is 13.5 Å². The third-order valence-corrected chi connectivity index (χ3v) is 1.41. The first-order chi connectivity index (χ1) is 6.70. The maximum Gasteiger partial charge on any atom is 0.222 e. The highest BCUT2D eigenvalue weighted by Gasteiger charge is 2.05. The van der Waals surface area contributed by atoms with E-state index in [9.17, 15) is 9.59 Å². The first kappa shape index (κ1) is 12.9. The highest BCUT2D eigenvalue weighted by Crippen LogP contribution is 1.88. The van der Waals surface area contributed by atoms with Gasteiger partial charge in [0.2, 0.25) is 11.8 Å². The molecule has 0 unspecified atom stereocenters. The molecule has 2 amide bonds. The molecule has 0 saturated carbocycles. The van der Waals surface area contributed by atoms with E-state index in [0.717, 1.165) is 0 Å². The number of carbonyl (C=O) groups is 2. The number of nitrogens with one attached hydrogen (secondary N) is 2. The lowest BCUT2D eigenvalue weighted by atomic mass is 10.3. The summed E-state index contributed by atoms with van der Waals surface area (Å²) in [5, 5.41) is 4.94. The van der Waals surface area contributed by atoms with Gasteiger partial charge in [-0.3, -0.25) is 9.59 Å². The highest BCUT2D eigenvalue weighted by molar-refractivity contribution is 5.83. The summed E-state index contributed by atoms with van der Waals surface area (Å²) < 4.78 is 9.26. The van der Waals surface area contributed by atoms with Gasteiger partial charge in [0.25, 0.3) is 0 Å². The molecule has 0 bridgehead atoms. The fraction of sp³-hybridized carbons (Fsp3) is 0.750. The van der Waals surface area contributed by atoms with E-state index in [-0.39, 0.29) is 38.1 Å². The molecular weight excluding hydrogens is 188 g/mol. The monoisotopic (exact) mass is 204 g/mol. The predicted octanol–water partition coefficient (Wildman–Crippen LogP) is -0.793. The number of hydrogen-bond acceptors (Lipinski definition) is 4. The van der Waals surface area contributed by atoms with Crippen molar-refractivity contribution < 1.29 is 19.1 Å². The normalized spacial score (nSPS) is 9.57. The molecule has 0 fully saturated rings. The number of methoxy groups -OCH3 is 2. The quantitative estimate of drug-likeness (QED) is 0.533. The number of hydrogen-bond donors (Lipinski definition) is 2. The van der Waals surface area contributed by atoms with Crippen LogP contribution in [0.5, 0.6) is 0 Å². The molecule has 2 N–H and O–H groups in total. The molecule has 0 rings (SSSR count). The van der Waals surface area contributed by atoms with E-state index in [1.54, 1.807) is 0 Å². The van der Waals surface area contributed by atoms with Crippen molar-refractivity contribution in [1.82, 2.24) is 10.6 Å². The van der Waals surface area contributed by atoms with Gasteiger partial charge in [-0.05, 0) is 0 Å². The smallest absolute Gasteiger partial charge is 0.222 e. The lowest BCUT2D eigenvalue weighted by Crippen LogP contribution is -2.29. The molecule has 6 nitrogen and oxygen atoms in total. The minimum Gasteiger partial charge on any atom is -0.364 e. The summed E-state index contributed by atoms with van der Waals surface area (Å²) >= 11 is 0. The van der Waals surface area contributed by atoms with E-state index in [1.807, 2.05) is 0 Å². The van der Waals surface area contributed by atoms with Gasteiger partial charge in [-0.1, -0.05) is 0 Å². The fourth-order valence-electron chi connectivity index (χ4n) is 0.709. The molecule has 0 saturated heterocycles. The molecule has 0 aromatic rings. The van der Waals surface area contributed by atoms with Crippen LogP contribution in [0.1, 0.15) is 12.8 Å². The average molecular weight is 204 g/mol. The maximum atomic E-state index is 11.0. The van der Waals surface area contributed by atoms with E-state index in [4.69, 9.17) is 0 Å². The van der Waals surface area contributed by atoms with E-state index in [2.05, 4.69) is 20.1 Å². The molecule has 0 aromatic carbocycles. The van der Waals surface area contributed by atoms with Gasteiger partial charge in [-0.15, -0.1) is 0 Å². The van der Waals surface area contributed by atoms with Gasteiger partial charge >= 0.3 is 0 Å². The highest BCUT2D eigenvalue weighted by atomic mass is 16.5. The number of rotatable bonds is 7. The second-order valence-corrected chi connectivity index (χ2v) is 2.57. The van der Waals surface area contributed by atoms with Crippen molar-refractivity contribution >= 4 is 11.8 Å². The van der Waals surface area contributed by atoms with Crippen LogP contribution in [0.25, 0.3) is 0 Å². The molecule has 0 aliphatic heterocycles. The number of carbonyl (C=O) groups excluding carboxylic acids is 2. The topological polar surface area (TPSA) is 76.7 Å². The van der Waals surface area contributed by atoms with Crippen LogP contribution in [0, 0.1) is 0 Å². The molecular formula is C8H16N2O4. The van der Waals surface area contributed by atoms with Crippen LogP contribution in [0.15, 0.2) is 0 Å². The summed E-state index contributed by atoms with van der Waals surface area (Å²) in [6.07, 6.45) is 0.303. The fourth-order valence-corrected chi connectivity index (χ4v) is 0.709. The summed E-state index contributed by atoms with van der Waals surface area (Å²) in [5.74, 6) is -0.418. The maximum absolute atomic E-state index is 11.0. The van der Waals surface area contributed by atoms with Crippen molar-refractivity contribution in [3.8, 4) is 0 Å². The Morgan fingerprint density at radius 2 is 1.29 bits per heavy atom. The van der Waals surface area contributed by atoms with E-state index in [1.165, 1.54) is 14.2 Å². The van der Waals surface area contributed by atoms with Crippen LogP contribution < -0.4 is 10.6 Å². The van der Waals surface area contributed by atoms with Gasteiger partial charge in [-0.25, -0.2) is 0 Å². The van der Waals surface area contributed by atoms with Crippen LogP contribution in [-0.2, 0) is 19.1 Å². The van der Waals surface area contributed by atoms with Crippen LogP contribution in [0.2, 0.25) is 0 Å². The number of ether oxygens (including phenoxy) is 2. The van der Waals surface area contributed by atoms with Gasteiger partial charge in [0, 0.05) is 27.1 Å². The third-order valence-electron chi connectivity index (χ3n) is 1.41. The van der Waals surface area contributed by atoms with Gasteiger partial charge in [0.05, 0.1) is 0 Å². The minimum absolute atomic E-state index is 0.152. The summed E-state index contributed by atoms with van der Waals surface area (Å²) in [7, 11) is 2.96. The first-order valence-electron chi connectivity index (χ1n) is 4.22. The molecule has 0 aliphatic rings. The summed E-state index contributed by atoms with van der Waals surface area (Å²) in [6.45, 7) is 0.330. The van der Waals surface area contributed by atoms with Crippen molar-refractivity contribution in [2.45, 2.75) is 12.8 Å². The Labute approximate surface area is 82.9 Å². The predicted molar refractivity (Wildman–Crippen MR) is 49.3 cm³/mol. The van der Waals surface area contributed by atoms with Crippen molar-refractivity contribution in [3.05, 3.63) is 0 Å². The lowest BCUT2D eigenvalue weighted by Gasteiger charge is -2.04. The molecule has 82 valence electrons. The van der Waals surface area contributed by atoms with Crippen LogP contribution in [-0.4, -0.2) is 39.5 Å². The summed E-state index contributed by atoms with van der Waals surface area (Å²) in [4.78, 5) is 22.0. The van der Waals surface area contributed by atoms with Gasteiger partial charge < -0.3 is 20.1 Å². The molecule has 14 heavy (non-hydrogen) atoms. The molecule has 0 aromatic heterocycles. The minimum atomic E-state index is -0.209. The van der Waals surface area contributed by atoms with E-state index >= 15 is 0 Å². The Hall–Kier alpha value is -1.14. The zero-order chi connectivity index (χ0) is 10.8. The number of amides is 2. The molecule has 0 spiro atoms. The van der Waals surface area contributed by atoms with Gasteiger partial charge in [0.15, 0.2) is 0 Å². The molecule has 0 radical (unpaired) electrons. The van der Waals surface area contributed by atoms with Crippen molar-refractivity contribution in [1.29, 1.82) is 0 Å². The Bertz CT molecular complexity index is 164. The largest absolute Gasteiger partial charge is 0.364 e. The average Bonchev–Trinajstić information content (AvgIpc) is 2.20. The first-order valence-corrected chi connectivity index (χ1v) is 4.22. The van der Waals surface area contributed by atoms with E-state index < -0.39 is 0 Å². The molecule has 6 heteroatoms. The Kier molecular flexibility index (Phi) is 7.77. The van der Waals surface area contributed by atoms with Crippen LogP contribution >= 0.6 is 0 Å².